The smallest absolute Gasteiger partial charge is 0.344 e. The molecule has 0 atom stereocenters. The Bertz CT molecular complexity index is 1120. The maximum Gasteiger partial charge on any atom is 0.344 e. The summed E-state index contributed by atoms with van der Waals surface area (Å²) >= 11 is 3.39. The molecule has 2 aromatic rings. The van der Waals surface area contributed by atoms with Crippen LogP contribution in [0.5, 0.6) is 11.5 Å². The Morgan fingerprint density at radius 1 is 1.06 bits per heavy atom. The van der Waals surface area contributed by atoms with Crippen molar-refractivity contribution in [3.63, 3.8) is 0 Å². The number of amides is 1. The highest BCUT2D eigenvalue weighted by Gasteiger charge is 2.15. The van der Waals surface area contributed by atoms with Crippen LogP contribution in [-0.4, -0.2) is 44.8 Å². The molecular formula is C24H23BrN2O7. The van der Waals surface area contributed by atoms with Gasteiger partial charge in [0, 0.05) is 10.2 Å². The summed E-state index contributed by atoms with van der Waals surface area (Å²) < 4.78 is 21.1. The molecule has 0 fully saturated rings. The number of methoxy groups -OCH3 is 1. The molecule has 2 rings (SSSR count). The molecule has 2 aromatic carbocycles. The zero-order valence-electron chi connectivity index (χ0n) is 18.8. The molecule has 0 saturated carbocycles. The van der Waals surface area contributed by atoms with Crippen LogP contribution in [0.1, 0.15) is 29.8 Å². The number of benzene rings is 2. The minimum Gasteiger partial charge on any atom is -0.490 e. The molecule has 0 radical (unpaired) electrons. The number of carbonyl (C=O) groups is 3. The molecule has 0 aliphatic rings. The first-order valence-electron chi connectivity index (χ1n) is 10.2. The monoisotopic (exact) mass is 530 g/mol. The van der Waals surface area contributed by atoms with E-state index in [4.69, 9.17) is 14.2 Å². The molecule has 0 saturated heterocycles. The summed E-state index contributed by atoms with van der Waals surface area (Å²) in [5, 5.41) is 12.1. The Morgan fingerprint density at radius 3 is 2.32 bits per heavy atom. The average Bonchev–Trinajstić information content (AvgIpc) is 2.83. The summed E-state index contributed by atoms with van der Waals surface area (Å²) in [4.78, 5) is 35.8. The first-order valence-corrected chi connectivity index (χ1v) is 11.0. The van der Waals surface area contributed by atoms with Gasteiger partial charge in [-0.05, 0) is 61.9 Å². The summed E-state index contributed by atoms with van der Waals surface area (Å²) in [6, 6.07) is 11.1. The van der Waals surface area contributed by atoms with Crippen LogP contribution in [-0.2, 0) is 19.1 Å². The van der Waals surface area contributed by atoms with Gasteiger partial charge in [-0.1, -0.05) is 15.9 Å². The van der Waals surface area contributed by atoms with E-state index in [-0.39, 0.29) is 18.8 Å². The third kappa shape index (κ3) is 7.35. The van der Waals surface area contributed by atoms with Gasteiger partial charge in [-0.2, -0.15) is 5.26 Å². The van der Waals surface area contributed by atoms with Crippen LogP contribution in [0.4, 0.5) is 5.69 Å². The van der Waals surface area contributed by atoms with Crippen molar-refractivity contribution >= 4 is 45.5 Å². The third-order valence-corrected chi connectivity index (χ3v) is 4.93. The van der Waals surface area contributed by atoms with Crippen LogP contribution in [0, 0.1) is 11.3 Å². The molecule has 0 unspecified atom stereocenters. The van der Waals surface area contributed by atoms with Gasteiger partial charge in [-0.15, -0.1) is 0 Å². The minimum absolute atomic E-state index is 0.166. The fraction of sp³-hybridized carbons (Fsp3) is 0.250. The molecule has 0 spiro atoms. The van der Waals surface area contributed by atoms with Gasteiger partial charge in [-0.3, -0.25) is 4.79 Å². The lowest BCUT2D eigenvalue weighted by Gasteiger charge is -2.14. The van der Waals surface area contributed by atoms with Crippen LogP contribution in [0.15, 0.2) is 46.4 Å². The van der Waals surface area contributed by atoms with E-state index < -0.39 is 17.8 Å². The molecule has 0 heterocycles. The highest BCUT2D eigenvalue weighted by atomic mass is 79.9. The molecule has 178 valence electrons. The van der Waals surface area contributed by atoms with E-state index in [1.165, 1.54) is 37.5 Å². The van der Waals surface area contributed by atoms with Crippen LogP contribution in [0.25, 0.3) is 6.08 Å². The number of anilines is 1. The van der Waals surface area contributed by atoms with E-state index in [0.717, 1.165) is 0 Å². The van der Waals surface area contributed by atoms with E-state index in [1.807, 2.05) is 6.07 Å². The summed E-state index contributed by atoms with van der Waals surface area (Å²) in [6.45, 7) is 3.75. The highest BCUT2D eigenvalue weighted by Crippen LogP contribution is 2.35. The van der Waals surface area contributed by atoms with Gasteiger partial charge in [0.05, 0.1) is 25.9 Å². The molecule has 1 amide bonds. The Kier molecular flexibility index (Phi) is 10.1. The lowest BCUT2D eigenvalue weighted by molar-refractivity contribution is -0.145. The Hall–Kier alpha value is -3.84. The lowest BCUT2D eigenvalue weighted by Crippen LogP contribution is -2.15. The van der Waals surface area contributed by atoms with Crippen molar-refractivity contribution < 1.29 is 33.3 Å². The number of hydrogen-bond donors (Lipinski definition) is 1. The van der Waals surface area contributed by atoms with Crippen molar-refractivity contribution in [1.82, 2.24) is 0 Å². The van der Waals surface area contributed by atoms with Gasteiger partial charge >= 0.3 is 11.9 Å². The number of nitriles is 1. The first kappa shape index (κ1) is 26.4. The van der Waals surface area contributed by atoms with Gasteiger partial charge in [0.1, 0.15) is 11.6 Å². The molecule has 9 nitrogen and oxygen atoms in total. The van der Waals surface area contributed by atoms with Gasteiger partial charge in [0.25, 0.3) is 5.91 Å². The second-order valence-electron chi connectivity index (χ2n) is 6.54. The Balaban J connectivity index is 2.25. The maximum absolute atomic E-state index is 12.6. The first-order chi connectivity index (χ1) is 16.3. The predicted molar refractivity (Wildman–Crippen MR) is 127 cm³/mol. The van der Waals surface area contributed by atoms with E-state index in [0.29, 0.717) is 39.4 Å². The summed E-state index contributed by atoms with van der Waals surface area (Å²) in [5.74, 6) is -1.03. The van der Waals surface area contributed by atoms with Crippen LogP contribution in [0.2, 0.25) is 0 Å². The number of halogens is 1. The molecule has 10 heteroatoms. The van der Waals surface area contributed by atoms with E-state index in [9.17, 15) is 19.6 Å². The van der Waals surface area contributed by atoms with Crippen LogP contribution < -0.4 is 14.8 Å². The molecule has 1 N–H and O–H groups in total. The number of hydrogen-bond acceptors (Lipinski definition) is 8. The SMILES string of the molecule is CCOC(=O)COc1cc(Br)c(/C=C(\C#N)C(=O)Nc2ccc(C(=O)OC)cc2)cc1OCC. The van der Waals surface area contributed by atoms with Crippen molar-refractivity contribution in [2.75, 3.05) is 32.2 Å². The summed E-state index contributed by atoms with van der Waals surface area (Å²) in [5.41, 5.74) is 1.05. The molecule has 0 aliphatic carbocycles. The second kappa shape index (κ2) is 13.0. The largest absolute Gasteiger partial charge is 0.490 e. The topological polar surface area (TPSA) is 124 Å². The fourth-order valence-corrected chi connectivity index (χ4v) is 3.13. The normalized spacial score (nSPS) is 10.6. The number of nitrogens with zero attached hydrogens (tertiary/aromatic N) is 1. The molecule has 34 heavy (non-hydrogen) atoms. The number of carbonyl (C=O) groups excluding carboxylic acids is 3. The third-order valence-electron chi connectivity index (χ3n) is 4.24. The standard InChI is InChI=1S/C24H23BrN2O7/c1-4-32-20-11-16(19(25)12-21(20)34-14-22(28)33-5-2)10-17(13-26)23(29)27-18-8-6-15(7-9-18)24(30)31-3/h6-12H,4-5,14H2,1-3H3,(H,27,29)/b17-10+. The predicted octanol–water partition coefficient (Wildman–Crippen LogP) is 4.12. The van der Waals surface area contributed by atoms with Crippen LogP contribution >= 0.6 is 15.9 Å². The number of nitrogens with one attached hydrogen (secondary N) is 1. The Morgan fingerprint density at radius 2 is 1.74 bits per heavy atom. The van der Waals surface area contributed by atoms with E-state index in [2.05, 4.69) is 26.0 Å². The summed E-state index contributed by atoms with van der Waals surface area (Å²) in [7, 11) is 1.27. The molecule has 0 aliphatic heterocycles. The van der Waals surface area contributed by atoms with Gasteiger partial charge in [0.2, 0.25) is 0 Å². The minimum atomic E-state index is -0.638. The van der Waals surface area contributed by atoms with Crippen molar-refractivity contribution in [2.24, 2.45) is 0 Å². The zero-order valence-corrected chi connectivity index (χ0v) is 20.4. The van der Waals surface area contributed by atoms with Gasteiger partial charge < -0.3 is 24.3 Å². The molecule has 0 bridgehead atoms. The van der Waals surface area contributed by atoms with Gasteiger partial charge in [0.15, 0.2) is 18.1 Å². The lowest BCUT2D eigenvalue weighted by atomic mass is 10.1. The maximum atomic E-state index is 12.6. The molecule has 0 aromatic heterocycles. The second-order valence-corrected chi connectivity index (χ2v) is 7.39. The van der Waals surface area contributed by atoms with Crippen molar-refractivity contribution in [3.05, 3.63) is 57.6 Å². The number of ether oxygens (including phenoxy) is 4. The number of rotatable bonds is 10. The van der Waals surface area contributed by atoms with Crippen molar-refractivity contribution in [1.29, 1.82) is 5.26 Å². The zero-order chi connectivity index (χ0) is 25.1. The fourth-order valence-electron chi connectivity index (χ4n) is 2.69. The summed E-state index contributed by atoms with van der Waals surface area (Å²) in [6.07, 6.45) is 1.39. The molecular weight excluding hydrogens is 508 g/mol. The number of esters is 2. The van der Waals surface area contributed by atoms with Gasteiger partial charge in [-0.25, -0.2) is 9.59 Å². The quantitative estimate of drug-likeness (QED) is 0.276. The van der Waals surface area contributed by atoms with E-state index in [1.54, 1.807) is 26.0 Å². The highest BCUT2D eigenvalue weighted by molar-refractivity contribution is 9.10. The van der Waals surface area contributed by atoms with Crippen molar-refractivity contribution in [3.8, 4) is 17.6 Å². The Labute approximate surface area is 205 Å². The van der Waals surface area contributed by atoms with Crippen LogP contribution in [0.3, 0.4) is 0 Å². The average molecular weight is 531 g/mol. The van der Waals surface area contributed by atoms with Crippen molar-refractivity contribution in [2.45, 2.75) is 13.8 Å². The van der Waals surface area contributed by atoms with E-state index >= 15 is 0 Å².